The molecule has 0 heterocycles. The lowest BCUT2D eigenvalue weighted by atomic mass is 9.69. The number of rotatable bonds is 12. The lowest BCUT2D eigenvalue weighted by Gasteiger charge is -2.35. The zero-order valence-corrected chi connectivity index (χ0v) is 17.8. The lowest BCUT2D eigenvalue weighted by Crippen LogP contribution is -2.26. The van der Waals surface area contributed by atoms with Crippen LogP contribution in [0.5, 0.6) is 0 Å². The summed E-state index contributed by atoms with van der Waals surface area (Å²) in [5.41, 5.74) is 5.70. The van der Waals surface area contributed by atoms with Gasteiger partial charge in [0, 0.05) is 0 Å². The molecule has 146 valence electrons. The van der Waals surface area contributed by atoms with Crippen LogP contribution in [-0.4, -0.2) is 0 Å². The predicted molar refractivity (Wildman–Crippen MR) is 122 cm³/mol. The third-order valence-corrected chi connectivity index (χ3v) is 6.00. The first-order chi connectivity index (χ1) is 13.2. The van der Waals surface area contributed by atoms with Gasteiger partial charge in [-0.2, -0.15) is 0 Å². The van der Waals surface area contributed by atoms with E-state index in [-0.39, 0.29) is 0 Å². The van der Waals surface area contributed by atoms with Gasteiger partial charge in [-0.05, 0) is 46.9 Å². The molecule has 0 radical (unpaired) electrons. The van der Waals surface area contributed by atoms with Gasteiger partial charge < -0.3 is 0 Å². The first-order valence-electron chi connectivity index (χ1n) is 11.0. The summed E-state index contributed by atoms with van der Waals surface area (Å²) in [4.78, 5) is 0. The van der Waals surface area contributed by atoms with Crippen LogP contribution in [0.3, 0.4) is 0 Å². The molecule has 0 spiro atoms. The molecule has 0 aliphatic heterocycles. The summed E-state index contributed by atoms with van der Waals surface area (Å²) in [6.07, 6.45) is 13.7. The summed E-state index contributed by atoms with van der Waals surface area (Å²) in [5, 5.41) is 0. The maximum Gasteiger partial charge on any atom is -0.00470 e. The van der Waals surface area contributed by atoms with Crippen molar-refractivity contribution in [2.45, 2.75) is 84.0 Å². The molecule has 0 fully saturated rings. The largest absolute Gasteiger partial charge is 0.0985 e. The highest BCUT2D eigenvalue weighted by atomic mass is 14.3. The van der Waals surface area contributed by atoms with Crippen molar-refractivity contribution in [1.82, 2.24) is 0 Å². The van der Waals surface area contributed by atoms with Crippen LogP contribution in [0.15, 0.2) is 55.1 Å². The maximum atomic E-state index is 3.85. The summed E-state index contributed by atoms with van der Waals surface area (Å²) in [7, 11) is 0. The fraction of sp³-hybridized carbons (Fsp3) is 0.481. The molecule has 0 aliphatic rings. The Balaban J connectivity index is 2.31. The second-order valence-corrected chi connectivity index (χ2v) is 7.99. The van der Waals surface area contributed by atoms with Crippen molar-refractivity contribution >= 4 is 6.08 Å². The second-order valence-electron chi connectivity index (χ2n) is 7.99. The Morgan fingerprint density at radius 1 is 0.667 bits per heavy atom. The molecule has 2 aromatic carbocycles. The Labute approximate surface area is 167 Å². The average Bonchev–Trinajstić information content (AvgIpc) is 2.74. The van der Waals surface area contributed by atoms with Crippen molar-refractivity contribution < 1.29 is 0 Å². The highest BCUT2D eigenvalue weighted by Crippen LogP contribution is 2.40. The molecule has 2 rings (SSSR count). The number of benzene rings is 2. The number of unbranched alkanes of at least 4 members (excludes halogenated alkanes) is 3. The average molecular weight is 363 g/mol. The standard InChI is InChI=1S/C27H38/c1-5-9-20-27(21-10-6-2,22-11-7-3)26-18-16-25(17-19-26)24-14-12-23(8-4)13-15-24/h8,12-19H,4-7,9-11,20-22H2,1-3H3. The van der Waals surface area contributed by atoms with Gasteiger partial charge in [0.1, 0.15) is 0 Å². The summed E-state index contributed by atoms with van der Waals surface area (Å²) < 4.78 is 0. The molecule has 2 aromatic rings. The van der Waals surface area contributed by atoms with Gasteiger partial charge in [0.25, 0.3) is 0 Å². The zero-order chi connectivity index (χ0) is 19.5. The van der Waals surface area contributed by atoms with E-state index in [1.54, 1.807) is 5.56 Å². The van der Waals surface area contributed by atoms with Crippen LogP contribution in [-0.2, 0) is 5.41 Å². The minimum atomic E-state index is 0.368. The van der Waals surface area contributed by atoms with Gasteiger partial charge in [-0.25, -0.2) is 0 Å². The van der Waals surface area contributed by atoms with Gasteiger partial charge in [-0.15, -0.1) is 0 Å². The SMILES string of the molecule is C=Cc1ccc(-c2ccc(C(CCCC)(CCCC)CCCC)cc2)cc1. The summed E-state index contributed by atoms with van der Waals surface area (Å²) >= 11 is 0. The normalized spacial score (nSPS) is 11.5. The van der Waals surface area contributed by atoms with Gasteiger partial charge in [-0.1, -0.05) is 120 Å². The molecule has 0 aliphatic carbocycles. The fourth-order valence-electron chi connectivity index (χ4n) is 4.18. The maximum absolute atomic E-state index is 3.85. The van der Waals surface area contributed by atoms with Crippen LogP contribution in [0, 0.1) is 0 Å². The van der Waals surface area contributed by atoms with Gasteiger partial charge in [0.2, 0.25) is 0 Å². The van der Waals surface area contributed by atoms with Crippen molar-refractivity contribution in [2.75, 3.05) is 0 Å². The van der Waals surface area contributed by atoms with Crippen molar-refractivity contribution in [3.8, 4) is 11.1 Å². The topological polar surface area (TPSA) is 0 Å². The monoisotopic (exact) mass is 362 g/mol. The third-order valence-electron chi connectivity index (χ3n) is 6.00. The summed E-state index contributed by atoms with van der Waals surface area (Å²) in [6, 6.07) is 18.2. The van der Waals surface area contributed by atoms with Gasteiger partial charge >= 0.3 is 0 Å². The molecule has 0 bridgehead atoms. The molecule has 0 heteroatoms. The molecule has 27 heavy (non-hydrogen) atoms. The molecule has 0 N–H and O–H groups in total. The van der Waals surface area contributed by atoms with Crippen LogP contribution in [0.25, 0.3) is 17.2 Å². The van der Waals surface area contributed by atoms with E-state index in [0.717, 1.165) is 0 Å². The van der Waals surface area contributed by atoms with E-state index in [0.29, 0.717) is 5.41 Å². The van der Waals surface area contributed by atoms with Crippen molar-refractivity contribution in [3.63, 3.8) is 0 Å². The van der Waals surface area contributed by atoms with Crippen molar-refractivity contribution in [3.05, 3.63) is 66.2 Å². The van der Waals surface area contributed by atoms with Crippen LogP contribution >= 0.6 is 0 Å². The molecular formula is C27H38. The Kier molecular flexibility index (Phi) is 8.85. The molecule has 0 amide bonds. The van der Waals surface area contributed by atoms with Gasteiger partial charge in [-0.3, -0.25) is 0 Å². The lowest BCUT2D eigenvalue weighted by molar-refractivity contribution is 0.309. The van der Waals surface area contributed by atoms with Crippen LogP contribution in [0.1, 0.15) is 89.7 Å². The van der Waals surface area contributed by atoms with E-state index in [4.69, 9.17) is 0 Å². The van der Waals surface area contributed by atoms with E-state index in [9.17, 15) is 0 Å². The highest BCUT2D eigenvalue weighted by molar-refractivity contribution is 5.66. The van der Waals surface area contributed by atoms with Crippen LogP contribution in [0.4, 0.5) is 0 Å². The second kappa shape index (κ2) is 11.1. The summed E-state index contributed by atoms with van der Waals surface area (Å²) in [5.74, 6) is 0. The Bertz CT molecular complexity index is 638. The van der Waals surface area contributed by atoms with Gasteiger partial charge in [0.05, 0.1) is 0 Å². The first kappa shape index (κ1) is 21.5. The van der Waals surface area contributed by atoms with Crippen molar-refractivity contribution in [1.29, 1.82) is 0 Å². The summed E-state index contributed by atoms with van der Waals surface area (Å²) in [6.45, 7) is 10.8. The van der Waals surface area contributed by atoms with E-state index >= 15 is 0 Å². The molecule has 0 nitrogen and oxygen atoms in total. The molecule has 0 atom stereocenters. The molecule has 0 saturated carbocycles. The Morgan fingerprint density at radius 2 is 1.07 bits per heavy atom. The van der Waals surface area contributed by atoms with Crippen LogP contribution in [0.2, 0.25) is 0 Å². The highest BCUT2D eigenvalue weighted by Gasteiger charge is 2.30. The predicted octanol–water partition coefficient (Wildman–Crippen LogP) is 8.81. The van der Waals surface area contributed by atoms with E-state index in [2.05, 4.69) is 75.9 Å². The fourth-order valence-corrected chi connectivity index (χ4v) is 4.18. The zero-order valence-electron chi connectivity index (χ0n) is 17.8. The third kappa shape index (κ3) is 5.83. The molecule has 0 unspecified atom stereocenters. The number of hydrogen-bond donors (Lipinski definition) is 0. The molecular weight excluding hydrogens is 324 g/mol. The molecule has 0 aromatic heterocycles. The minimum Gasteiger partial charge on any atom is -0.0985 e. The van der Waals surface area contributed by atoms with E-state index in [1.807, 2.05) is 6.08 Å². The smallest absolute Gasteiger partial charge is 0.00470 e. The van der Waals surface area contributed by atoms with E-state index in [1.165, 1.54) is 74.5 Å². The van der Waals surface area contributed by atoms with E-state index < -0.39 is 0 Å². The quantitative estimate of drug-likeness (QED) is 0.354. The Morgan fingerprint density at radius 3 is 1.44 bits per heavy atom. The minimum absolute atomic E-state index is 0.368. The van der Waals surface area contributed by atoms with Crippen molar-refractivity contribution in [2.24, 2.45) is 0 Å². The van der Waals surface area contributed by atoms with Gasteiger partial charge in [0.15, 0.2) is 0 Å². The number of hydrogen-bond acceptors (Lipinski definition) is 0. The Hall–Kier alpha value is -1.82. The molecule has 0 saturated heterocycles. The first-order valence-corrected chi connectivity index (χ1v) is 11.0. The van der Waals surface area contributed by atoms with Crippen LogP contribution < -0.4 is 0 Å².